The number of halogens is 1. The zero-order valence-electron chi connectivity index (χ0n) is 12.0. The number of carbonyl (C=O) groups excluding carboxylic acids is 1. The highest BCUT2D eigenvalue weighted by Gasteiger charge is 2.43. The van der Waals surface area contributed by atoms with Crippen LogP contribution in [0.1, 0.15) is 19.4 Å². The summed E-state index contributed by atoms with van der Waals surface area (Å²) in [5.41, 5.74) is 3.03. The number of benzene rings is 1. The van der Waals surface area contributed by atoms with Gasteiger partial charge in [0.1, 0.15) is 6.04 Å². The van der Waals surface area contributed by atoms with Crippen LogP contribution in [-0.2, 0) is 10.1 Å². The molecule has 0 spiro atoms. The van der Waals surface area contributed by atoms with E-state index in [0.717, 1.165) is 22.5 Å². The normalized spacial score (nSPS) is 22.0. The van der Waals surface area contributed by atoms with Gasteiger partial charge in [0, 0.05) is 27.3 Å². The van der Waals surface area contributed by atoms with Gasteiger partial charge in [0.15, 0.2) is 0 Å². The highest BCUT2D eigenvalue weighted by atomic mass is 79.9. The summed E-state index contributed by atoms with van der Waals surface area (Å²) < 4.78 is 1.82. The molecule has 1 fully saturated rings. The zero-order chi connectivity index (χ0) is 15.5. The van der Waals surface area contributed by atoms with Gasteiger partial charge in [0.25, 0.3) is 5.91 Å². The molecule has 2 rings (SSSR count). The van der Waals surface area contributed by atoms with Crippen molar-refractivity contribution in [3.05, 3.63) is 29.8 Å². The van der Waals surface area contributed by atoms with Gasteiger partial charge in [-0.05, 0) is 43.5 Å². The second-order valence-electron chi connectivity index (χ2n) is 5.34. The lowest BCUT2D eigenvalue weighted by Gasteiger charge is -2.43. The maximum Gasteiger partial charge on any atom is 0.263 e. The molecule has 1 atom stereocenters. The number of alkyl halides is 1. The Labute approximate surface area is 142 Å². The second kappa shape index (κ2) is 7.37. The number of carbonyl (C=O) groups is 1. The Kier molecular flexibility index (Phi) is 6.02. The maximum absolute atomic E-state index is 12.0. The summed E-state index contributed by atoms with van der Waals surface area (Å²) in [6, 6.07) is 7.89. The molecule has 1 aromatic rings. The summed E-state index contributed by atoms with van der Waals surface area (Å²) in [7, 11) is 0. The molecule has 2 N–H and O–H groups in total. The Balaban J connectivity index is 2.16. The number of thioether (sulfide) groups is 1. The first kappa shape index (κ1) is 17.1. The number of rotatable bonds is 4. The van der Waals surface area contributed by atoms with E-state index in [9.17, 15) is 4.79 Å². The number of hydrogen-bond donors (Lipinski definition) is 2. The van der Waals surface area contributed by atoms with Crippen LogP contribution in [0.2, 0.25) is 0 Å². The lowest BCUT2D eigenvalue weighted by atomic mass is 10.0. The van der Waals surface area contributed by atoms with Crippen LogP contribution in [-0.4, -0.2) is 38.5 Å². The van der Waals surface area contributed by atoms with Crippen molar-refractivity contribution in [2.75, 3.05) is 12.3 Å². The molecule has 1 amide bonds. The fourth-order valence-electron chi connectivity index (χ4n) is 2.33. The summed E-state index contributed by atoms with van der Waals surface area (Å²) in [5.74, 6) is 0.617. The fraction of sp³-hybridized carbons (Fsp3) is 0.500. The summed E-state index contributed by atoms with van der Waals surface area (Å²) in [4.78, 5) is 13.1. The van der Waals surface area contributed by atoms with Gasteiger partial charge in [-0.15, -0.1) is 0 Å². The third-order valence-electron chi connectivity index (χ3n) is 3.39. The lowest BCUT2D eigenvalue weighted by Crippen LogP contribution is -2.57. The van der Waals surface area contributed by atoms with Crippen LogP contribution >= 0.6 is 39.6 Å². The van der Waals surface area contributed by atoms with Crippen molar-refractivity contribution in [1.29, 1.82) is 0 Å². The van der Waals surface area contributed by atoms with Crippen LogP contribution < -0.4 is 5.48 Å². The van der Waals surface area contributed by atoms with E-state index in [1.165, 1.54) is 5.56 Å². The summed E-state index contributed by atoms with van der Waals surface area (Å²) in [6.45, 7) is 4.88. The van der Waals surface area contributed by atoms with Crippen LogP contribution in [0, 0.1) is 0 Å². The van der Waals surface area contributed by atoms with Crippen molar-refractivity contribution >= 4 is 45.5 Å². The van der Waals surface area contributed by atoms with E-state index in [1.54, 1.807) is 23.7 Å². The summed E-state index contributed by atoms with van der Waals surface area (Å²) >= 11 is 6.76. The molecule has 21 heavy (non-hydrogen) atoms. The third-order valence-corrected chi connectivity index (χ3v) is 6.50. The second-order valence-corrected chi connectivity index (χ2v) is 8.77. The zero-order valence-corrected chi connectivity index (χ0v) is 15.2. The van der Waals surface area contributed by atoms with E-state index in [1.807, 2.05) is 19.3 Å². The molecule has 0 radical (unpaired) electrons. The first-order chi connectivity index (χ1) is 9.97. The van der Waals surface area contributed by atoms with Crippen molar-refractivity contribution in [3.63, 3.8) is 0 Å². The van der Waals surface area contributed by atoms with Gasteiger partial charge in [-0.2, -0.15) is 11.8 Å². The lowest BCUT2D eigenvalue weighted by molar-refractivity contribution is -0.133. The molecule has 0 aliphatic carbocycles. The molecule has 7 heteroatoms. The van der Waals surface area contributed by atoms with Crippen molar-refractivity contribution in [2.45, 2.75) is 34.9 Å². The quantitative estimate of drug-likeness (QED) is 0.357. The minimum absolute atomic E-state index is 0.242. The molecule has 116 valence electrons. The Bertz CT molecular complexity index is 496. The molecule has 0 bridgehead atoms. The van der Waals surface area contributed by atoms with Gasteiger partial charge in [-0.1, -0.05) is 28.1 Å². The van der Waals surface area contributed by atoms with Crippen LogP contribution in [0.5, 0.6) is 0 Å². The Morgan fingerprint density at radius 2 is 2.19 bits per heavy atom. The number of hydrogen-bond acceptors (Lipinski definition) is 5. The summed E-state index contributed by atoms with van der Waals surface area (Å²) in [5, 5.41) is 9.86. The molecule has 1 unspecified atom stereocenters. The van der Waals surface area contributed by atoms with E-state index in [0.29, 0.717) is 0 Å². The minimum Gasteiger partial charge on any atom is -0.289 e. The molecular weight excluding hydrogens is 372 g/mol. The van der Waals surface area contributed by atoms with Crippen LogP contribution in [0.25, 0.3) is 0 Å². The monoisotopic (exact) mass is 390 g/mol. The minimum atomic E-state index is -0.373. The Hall–Kier alpha value is -0.210. The largest absolute Gasteiger partial charge is 0.289 e. The molecule has 0 saturated carbocycles. The highest BCUT2D eigenvalue weighted by Crippen LogP contribution is 2.40. The highest BCUT2D eigenvalue weighted by molar-refractivity contribution is 9.08. The van der Waals surface area contributed by atoms with Gasteiger partial charge in [-0.3, -0.25) is 10.0 Å². The molecule has 4 nitrogen and oxygen atoms in total. The number of nitrogens with one attached hydrogen (secondary N) is 1. The average Bonchev–Trinajstić information content (AvgIpc) is 2.46. The van der Waals surface area contributed by atoms with E-state index < -0.39 is 0 Å². The SMILES string of the molecule is CC1(C)SCCN(Sc2ccc(CBr)cc2)C1C(=O)NO. The van der Waals surface area contributed by atoms with Crippen molar-refractivity contribution in [2.24, 2.45) is 0 Å². The first-order valence-corrected chi connectivity index (χ1v) is 9.53. The summed E-state index contributed by atoms with van der Waals surface area (Å²) in [6.07, 6.45) is 0. The van der Waals surface area contributed by atoms with Crippen LogP contribution in [0.3, 0.4) is 0 Å². The van der Waals surface area contributed by atoms with Gasteiger partial charge < -0.3 is 0 Å². The third kappa shape index (κ3) is 4.16. The Morgan fingerprint density at radius 3 is 2.76 bits per heavy atom. The van der Waals surface area contributed by atoms with Crippen molar-refractivity contribution < 1.29 is 10.0 Å². The van der Waals surface area contributed by atoms with Gasteiger partial charge in [0.2, 0.25) is 0 Å². The smallest absolute Gasteiger partial charge is 0.263 e. The number of amides is 1. The Morgan fingerprint density at radius 1 is 1.52 bits per heavy atom. The molecule has 1 aromatic carbocycles. The molecular formula is C14H19BrN2O2S2. The van der Waals surface area contributed by atoms with E-state index >= 15 is 0 Å². The van der Waals surface area contributed by atoms with E-state index in [-0.39, 0.29) is 16.7 Å². The fourth-order valence-corrected chi connectivity index (χ4v) is 5.27. The van der Waals surface area contributed by atoms with Gasteiger partial charge in [-0.25, -0.2) is 9.79 Å². The van der Waals surface area contributed by atoms with Crippen molar-refractivity contribution in [1.82, 2.24) is 9.79 Å². The van der Waals surface area contributed by atoms with E-state index in [4.69, 9.17) is 5.21 Å². The van der Waals surface area contributed by atoms with Gasteiger partial charge in [0.05, 0.1) is 0 Å². The topological polar surface area (TPSA) is 52.6 Å². The van der Waals surface area contributed by atoms with Gasteiger partial charge >= 0.3 is 0 Å². The average molecular weight is 391 g/mol. The molecule has 1 saturated heterocycles. The van der Waals surface area contributed by atoms with Crippen LogP contribution in [0.4, 0.5) is 0 Å². The molecule has 1 aliphatic rings. The van der Waals surface area contributed by atoms with Crippen LogP contribution in [0.15, 0.2) is 29.2 Å². The first-order valence-electron chi connectivity index (χ1n) is 6.65. The van der Waals surface area contributed by atoms with E-state index in [2.05, 4.69) is 44.5 Å². The predicted octanol–water partition coefficient (Wildman–Crippen LogP) is 3.29. The number of nitrogens with zero attached hydrogens (tertiary/aromatic N) is 1. The molecule has 1 heterocycles. The molecule has 0 aromatic heterocycles. The van der Waals surface area contributed by atoms with Crippen molar-refractivity contribution in [3.8, 4) is 0 Å². The molecule has 1 aliphatic heterocycles. The number of hydroxylamine groups is 1. The maximum atomic E-state index is 12.0. The predicted molar refractivity (Wildman–Crippen MR) is 91.9 cm³/mol. The standard InChI is InChI=1S/C14H19BrN2O2S2/c1-14(2)12(13(18)16-19)17(7-8-20-14)21-11-5-3-10(9-15)4-6-11/h3-6,12,19H,7-9H2,1-2H3,(H,16,18).